The summed E-state index contributed by atoms with van der Waals surface area (Å²) in [5.41, 5.74) is 5.03. The molecule has 0 fully saturated rings. The van der Waals surface area contributed by atoms with Crippen molar-refractivity contribution in [1.29, 1.82) is 0 Å². The minimum absolute atomic E-state index is 0.173. The van der Waals surface area contributed by atoms with E-state index in [9.17, 15) is 4.39 Å². The van der Waals surface area contributed by atoms with Crippen molar-refractivity contribution in [2.75, 3.05) is 13.2 Å². The third-order valence-corrected chi connectivity index (χ3v) is 4.03. The van der Waals surface area contributed by atoms with Crippen LogP contribution < -0.4 is 5.32 Å². The monoisotopic (exact) mass is 339 g/mol. The van der Waals surface area contributed by atoms with Gasteiger partial charge in [0.1, 0.15) is 5.82 Å². The van der Waals surface area contributed by atoms with Crippen LogP contribution in [0.25, 0.3) is 16.9 Å². The molecule has 0 atom stereocenters. The zero-order valence-corrected chi connectivity index (χ0v) is 14.2. The lowest BCUT2D eigenvalue weighted by Gasteiger charge is -2.04. The molecule has 2 aromatic carbocycles. The van der Waals surface area contributed by atoms with Crippen molar-refractivity contribution >= 4 is 0 Å². The van der Waals surface area contributed by atoms with E-state index in [-0.39, 0.29) is 12.4 Å². The first-order chi connectivity index (χ1) is 12.2. The molecule has 0 saturated heterocycles. The van der Waals surface area contributed by atoms with Crippen LogP contribution in [0.1, 0.15) is 17.5 Å². The maximum Gasteiger partial charge on any atom is 0.123 e. The molecule has 0 amide bonds. The summed E-state index contributed by atoms with van der Waals surface area (Å²) in [4.78, 5) is 0. The summed E-state index contributed by atoms with van der Waals surface area (Å²) in [6.45, 7) is 3.63. The zero-order chi connectivity index (χ0) is 17.6. The average molecular weight is 339 g/mol. The molecule has 0 aliphatic heterocycles. The van der Waals surface area contributed by atoms with Crippen LogP contribution in [0.3, 0.4) is 0 Å². The van der Waals surface area contributed by atoms with Crippen LogP contribution in [0, 0.1) is 12.7 Å². The third kappa shape index (κ3) is 4.32. The summed E-state index contributed by atoms with van der Waals surface area (Å²) in [7, 11) is 0. The fraction of sp³-hybridized carbons (Fsp3) is 0.250. The van der Waals surface area contributed by atoms with Gasteiger partial charge in [0.05, 0.1) is 11.4 Å². The normalized spacial score (nSPS) is 11.0. The number of aliphatic hydroxyl groups excluding tert-OH is 1. The maximum absolute atomic E-state index is 13.2. The van der Waals surface area contributed by atoms with Gasteiger partial charge in [-0.2, -0.15) is 5.10 Å². The predicted molar refractivity (Wildman–Crippen MR) is 97.1 cm³/mol. The Balaban J connectivity index is 1.92. The van der Waals surface area contributed by atoms with E-state index in [2.05, 4.69) is 36.5 Å². The summed E-state index contributed by atoms with van der Waals surface area (Å²) < 4.78 is 14.9. The van der Waals surface area contributed by atoms with Crippen molar-refractivity contribution in [3.63, 3.8) is 0 Å². The molecule has 3 rings (SSSR count). The van der Waals surface area contributed by atoms with Gasteiger partial charge < -0.3 is 10.4 Å². The van der Waals surface area contributed by atoms with Gasteiger partial charge in [-0.05, 0) is 44.2 Å². The molecule has 0 aliphatic rings. The van der Waals surface area contributed by atoms with Gasteiger partial charge in [0, 0.05) is 30.5 Å². The Hall–Kier alpha value is -2.50. The molecule has 25 heavy (non-hydrogen) atoms. The van der Waals surface area contributed by atoms with Gasteiger partial charge in [-0.3, -0.25) is 0 Å². The molecule has 0 radical (unpaired) electrons. The molecule has 0 bridgehead atoms. The molecule has 1 heterocycles. The molecular formula is C20H22FN3O. The molecule has 1 aromatic heterocycles. The Bertz CT molecular complexity index is 810. The number of nitrogens with zero attached hydrogens (tertiary/aromatic N) is 2. The minimum atomic E-state index is -0.263. The van der Waals surface area contributed by atoms with Gasteiger partial charge in [-0.25, -0.2) is 9.07 Å². The van der Waals surface area contributed by atoms with Crippen LogP contribution >= 0.6 is 0 Å². The van der Waals surface area contributed by atoms with E-state index in [4.69, 9.17) is 10.2 Å². The number of aromatic nitrogens is 2. The molecule has 0 saturated carbocycles. The summed E-state index contributed by atoms with van der Waals surface area (Å²) >= 11 is 0. The fourth-order valence-corrected chi connectivity index (χ4v) is 2.65. The van der Waals surface area contributed by atoms with Gasteiger partial charge in [0.2, 0.25) is 0 Å². The van der Waals surface area contributed by atoms with Crippen LogP contribution in [0.5, 0.6) is 0 Å². The highest BCUT2D eigenvalue weighted by Gasteiger charge is 2.12. The smallest absolute Gasteiger partial charge is 0.123 e. The quantitative estimate of drug-likeness (QED) is 0.648. The maximum atomic E-state index is 13.2. The first-order valence-corrected chi connectivity index (χ1v) is 8.40. The standard InChI is InChI=1S/C20H22FN3O/c1-15-3-5-16(6-4-15)20-17(13-22-11-2-12-25)14-24(23-20)19-9-7-18(21)8-10-19/h3-10,14,22,25H,2,11-13H2,1H3. The molecule has 0 unspecified atom stereocenters. The van der Waals surface area contributed by atoms with Gasteiger partial charge in [-0.1, -0.05) is 29.8 Å². The van der Waals surface area contributed by atoms with Crippen LogP contribution in [0.4, 0.5) is 4.39 Å². The molecule has 0 spiro atoms. The van der Waals surface area contributed by atoms with Crippen molar-refractivity contribution in [2.24, 2.45) is 0 Å². The minimum Gasteiger partial charge on any atom is -0.396 e. The molecule has 130 valence electrons. The molecule has 0 aliphatic carbocycles. The van der Waals surface area contributed by atoms with E-state index in [0.717, 1.165) is 29.1 Å². The lowest BCUT2D eigenvalue weighted by molar-refractivity contribution is 0.286. The van der Waals surface area contributed by atoms with Crippen LogP contribution in [-0.2, 0) is 6.54 Å². The number of nitrogens with one attached hydrogen (secondary N) is 1. The Labute approximate surface area is 146 Å². The van der Waals surface area contributed by atoms with Crippen LogP contribution in [0.15, 0.2) is 54.7 Å². The van der Waals surface area contributed by atoms with E-state index in [1.807, 2.05) is 6.20 Å². The number of rotatable bonds is 7. The number of halogens is 1. The molecule has 5 heteroatoms. The Morgan fingerprint density at radius 2 is 1.80 bits per heavy atom. The van der Waals surface area contributed by atoms with Gasteiger partial charge in [0.15, 0.2) is 0 Å². The lowest BCUT2D eigenvalue weighted by atomic mass is 10.1. The lowest BCUT2D eigenvalue weighted by Crippen LogP contribution is -2.15. The van der Waals surface area contributed by atoms with E-state index in [0.29, 0.717) is 13.0 Å². The second-order valence-corrected chi connectivity index (χ2v) is 6.04. The summed E-state index contributed by atoms with van der Waals surface area (Å²) in [5, 5.41) is 16.9. The summed E-state index contributed by atoms with van der Waals surface area (Å²) in [6.07, 6.45) is 2.68. The fourth-order valence-electron chi connectivity index (χ4n) is 2.65. The van der Waals surface area contributed by atoms with Crippen LogP contribution in [-0.4, -0.2) is 28.0 Å². The topological polar surface area (TPSA) is 50.1 Å². The Morgan fingerprint density at radius 1 is 1.08 bits per heavy atom. The number of aryl methyl sites for hydroxylation is 1. The van der Waals surface area contributed by atoms with E-state index >= 15 is 0 Å². The van der Waals surface area contributed by atoms with E-state index in [1.165, 1.54) is 17.7 Å². The van der Waals surface area contributed by atoms with Crippen molar-refractivity contribution in [3.05, 3.63) is 71.7 Å². The average Bonchev–Trinajstić information content (AvgIpc) is 3.04. The molecule has 2 N–H and O–H groups in total. The van der Waals surface area contributed by atoms with Crippen molar-refractivity contribution in [2.45, 2.75) is 19.9 Å². The summed E-state index contributed by atoms with van der Waals surface area (Å²) in [5.74, 6) is -0.263. The number of hydrogen-bond donors (Lipinski definition) is 2. The molecule has 4 nitrogen and oxygen atoms in total. The second kappa shape index (κ2) is 8.05. The highest BCUT2D eigenvalue weighted by Crippen LogP contribution is 2.24. The van der Waals surface area contributed by atoms with Crippen molar-refractivity contribution < 1.29 is 9.50 Å². The second-order valence-electron chi connectivity index (χ2n) is 6.04. The van der Waals surface area contributed by atoms with Crippen LogP contribution in [0.2, 0.25) is 0 Å². The molecule has 3 aromatic rings. The summed E-state index contributed by atoms with van der Waals surface area (Å²) in [6, 6.07) is 14.5. The largest absolute Gasteiger partial charge is 0.396 e. The first kappa shape index (κ1) is 17.3. The van der Waals surface area contributed by atoms with Crippen molar-refractivity contribution in [3.8, 4) is 16.9 Å². The zero-order valence-electron chi connectivity index (χ0n) is 14.2. The van der Waals surface area contributed by atoms with Gasteiger partial charge >= 0.3 is 0 Å². The number of benzene rings is 2. The van der Waals surface area contributed by atoms with E-state index < -0.39 is 0 Å². The third-order valence-electron chi connectivity index (χ3n) is 4.03. The van der Waals surface area contributed by atoms with Crippen molar-refractivity contribution in [1.82, 2.24) is 15.1 Å². The van der Waals surface area contributed by atoms with Gasteiger partial charge in [0.25, 0.3) is 0 Å². The number of aliphatic hydroxyl groups is 1. The molecular weight excluding hydrogens is 317 g/mol. The van der Waals surface area contributed by atoms with Gasteiger partial charge in [-0.15, -0.1) is 0 Å². The highest BCUT2D eigenvalue weighted by atomic mass is 19.1. The first-order valence-electron chi connectivity index (χ1n) is 8.40. The van der Waals surface area contributed by atoms with E-state index in [1.54, 1.807) is 16.8 Å². The SMILES string of the molecule is Cc1ccc(-c2nn(-c3ccc(F)cc3)cc2CNCCCO)cc1. The highest BCUT2D eigenvalue weighted by molar-refractivity contribution is 5.63. The number of hydrogen-bond acceptors (Lipinski definition) is 3. The Morgan fingerprint density at radius 3 is 2.48 bits per heavy atom. The Kier molecular flexibility index (Phi) is 5.58. The predicted octanol–water partition coefficient (Wildman–Crippen LogP) is 3.46.